The molecule has 0 saturated carbocycles. The van der Waals surface area contributed by atoms with E-state index >= 15 is 0 Å². The van der Waals surface area contributed by atoms with Crippen molar-refractivity contribution in [3.63, 3.8) is 0 Å². The number of urea groups is 1. The predicted octanol–water partition coefficient (Wildman–Crippen LogP) is 1.47. The summed E-state index contributed by atoms with van der Waals surface area (Å²) >= 11 is 0. The molecular formula is C13H15N5O2. The van der Waals surface area contributed by atoms with Crippen LogP contribution in [0.25, 0.3) is 0 Å². The molecular weight excluding hydrogens is 258 g/mol. The molecule has 7 heteroatoms. The van der Waals surface area contributed by atoms with E-state index in [0.717, 1.165) is 10.6 Å². The number of hydrazone groups is 2. The highest BCUT2D eigenvalue weighted by Crippen LogP contribution is 2.10. The van der Waals surface area contributed by atoms with Crippen molar-refractivity contribution in [3.8, 4) is 0 Å². The largest absolute Gasteiger partial charge is 0.368 e. The number of aromatic nitrogens is 1. The first-order valence-corrected chi connectivity index (χ1v) is 6.24. The van der Waals surface area contributed by atoms with Crippen LogP contribution in [0.2, 0.25) is 0 Å². The second-order valence-corrected chi connectivity index (χ2v) is 4.27. The fraction of sp³-hybridized carbons (Fsp3) is 0.308. The Kier molecular flexibility index (Phi) is 4.19. The Morgan fingerprint density at radius 2 is 2.35 bits per heavy atom. The Balaban J connectivity index is 2.17. The van der Waals surface area contributed by atoms with Crippen LogP contribution in [0.15, 0.2) is 34.7 Å². The number of carbonyl (C=O) groups is 2. The van der Waals surface area contributed by atoms with Gasteiger partial charge in [0.1, 0.15) is 0 Å². The second kappa shape index (κ2) is 6.05. The minimum atomic E-state index is -0.539. The van der Waals surface area contributed by atoms with Gasteiger partial charge in [0.2, 0.25) is 0 Å². The maximum absolute atomic E-state index is 12.1. The van der Waals surface area contributed by atoms with Gasteiger partial charge in [0.05, 0.1) is 18.5 Å². The first-order valence-electron chi connectivity index (χ1n) is 6.24. The van der Waals surface area contributed by atoms with Gasteiger partial charge >= 0.3 is 6.03 Å². The molecule has 1 aliphatic heterocycles. The fourth-order valence-corrected chi connectivity index (χ4v) is 1.63. The van der Waals surface area contributed by atoms with Crippen LogP contribution in [-0.2, 0) is 4.79 Å². The standard InChI is InChI=1S/C13H15N5O2/c1-3-12(19)18-13(20)17(9-10(2)16-18)15-8-11-5-4-6-14-7-11/h4-8H,3,9H2,1-2H3. The Morgan fingerprint density at radius 1 is 1.55 bits per heavy atom. The molecule has 0 aliphatic carbocycles. The number of rotatable bonds is 3. The van der Waals surface area contributed by atoms with Gasteiger partial charge in [-0.3, -0.25) is 9.78 Å². The van der Waals surface area contributed by atoms with Crippen molar-refractivity contribution >= 4 is 23.9 Å². The SMILES string of the molecule is CCC(=O)N1N=C(C)CN(N=Cc2cccnc2)C1=O. The summed E-state index contributed by atoms with van der Waals surface area (Å²) < 4.78 is 0. The molecule has 3 amide bonds. The van der Waals surface area contributed by atoms with E-state index in [4.69, 9.17) is 0 Å². The van der Waals surface area contributed by atoms with Crippen LogP contribution in [0.4, 0.5) is 4.79 Å². The van der Waals surface area contributed by atoms with Crippen LogP contribution in [0.5, 0.6) is 0 Å². The van der Waals surface area contributed by atoms with Crippen LogP contribution in [0.3, 0.4) is 0 Å². The summed E-state index contributed by atoms with van der Waals surface area (Å²) in [6, 6.07) is 3.06. The number of nitrogens with zero attached hydrogens (tertiary/aromatic N) is 5. The first kappa shape index (κ1) is 13.9. The zero-order valence-electron chi connectivity index (χ0n) is 11.4. The second-order valence-electron chi connectivity index (χ2n) is 4.27. The van der Waals surface area contributed by atoms with Crippen molar-refractivity contribution in [1.82, 2.24) is 15.0 Å². The molecule has 0 radical (unpaired) electrons. The van der Waals surface area contributed by atoms with E-state index in [2.05, 4.69) is 15.2 Å². The summed E-state index contributed by atoms with van der Waals surface area (Å²) in [7, 11) is 0. The number of hydrogen-bond donors (Lipinski definition) is 0. The number of carbonyl (C=O) groups excluding carboxylic acids is 2. The molecule has 1 aliphatic rings. The maximum atomic E-state index is 12.1. The molecule has 0 saturated heterocycles. The molecule has 0 bridgehead atoms. The predicted molar refractivity (Wildman–Crippen MR) is 74.2 cm³/mol. The summed E-state index contributed by atoms with van der Waals surface area (Å²) in [6.07, 6.45) is 5.02. The first-order chi connectivity index (χ1) is 9.61. The highest BCUT2D eigenvalue weighted by atomic mass is 16.2. The van der Waals surface area contributed by atoms with E-state index in [-0.39, 0.29) is 18.9 Å². The molecule has 0 N–H and O–H groups in total. The molecule has 0 aromatic carbocycles. The van der Waals surface area contributed by atoms with Gasteiger partial charge in [0.25, 0.3) is 5.91 Å². The lowest BCUT2D eigenvalue weighted by Gasteiger charge is -2.27. The van der Waals surface area contributed by atoms with Crippen LogP contribution < -0.4 is 0 Å². The highest BCUT2D eigenvalue weighted by molar-refractivity contribution is 6.00. The lowest BCUT2D eigenvalue weighted by molar-refractivity contribution is -0.128. The fourth-order valence-electron chi connectivity index (χ4n) is 1.63. The third kappa shape index (κ3) is 3.05. The van der Waals surface area contributed by atoms with E-state index < -0.39 is 6.03 Å². The minimum absolute atomic E-state index is 0.211. The summed E-state index contributed by atoms with van der Waals surface area (Å²) in [5.41, 5.74) is 1.42. The Labute approximate surface area is 116 Å². The van der Waals surface area contributed by atoms with Gasteiger partial charge in [-0.2, -0.15) is 10.2 Å². The molecule has 0 fully saturated rings. The van der Waals surface area contributed by atoms with Gasteiger partial charge in [-0.25, -0.2) is 9.80 Å². The molecule has 0 spiro atoms. The van der Waals surface area contributed by atoms with E-state index in [0.29, 0.717) is 5.71 Å². The molecule has 0 unspecified atom stereocenters. The van der Waals surface area contributed by atoms with E-state index in [1.807, 2.05) is 6.07 Å². The third-order valence-corrected chi connectivity index (χ3v) is 2.62. The van der Waals surface area contributed by atoms with Crippen LogP contribution in [-0.4, -0.2) is 45.4 Å². The molecule has 20 heavy (non-hydrogen) atoms. The molecule has 104 valence electrons. The van der Waals surface area contributed by atoms with Gasteiger partial charge in [-0.15, -0.1) is 5.01 Å². The van der Waals surface area contributed by atoms with Crippen molar-refractivity contribution in [1.29, 1.82) is 0 Å². The summed E-state index contributed by atoms with van der Waals surface area (Å²) in [6.45, 7) is 3.69. The van der Waals surface area contributed by atoms with E-state index in [9.17, 15) is 9.59 Å². The molecule has 7 nitrogen and oxygen atoms in total. The number of amides is 3. The summed E-state index contributed by atoms with van der Waals surface area (Å²) in [5.74, 6) is -0.351. The van der Waals surface area contributed by atoms with Gasteiger partial charge in [-0.05, 0) is 13.0 Å². The van der Waals surface area contributed by atoms with Crippen molar-refractivity contribution in [3.05, 3.63) is 30.1 Å². The van der Waals surface area contributed by atoms with Crippen molar-refractivity contribution < 1.29 is 9.59 Å². The van der Waals surface area contributed by atoms with Crippen molar-refractivity contribution in [2.24, 2.45) is 10.2 Å². The number of pyridine rings is 1. The maximum Gasteiger partial charge on any atom is 0.368 e. The van der Waals surface area contributed by atoms with Crippen molar-refractivity contribution in [2.75, 3.05) is 6.54 Å². The minimum Gasteiger partial charge on any atom is -0.272 e. The number of hydrogen-bond acceptors (Lipinski definition) is 5. The monoisotopic (exact) mass is 273 g/mol. The third-order valence-electron chi connectivity index (χ3n) is 2.62. The molecule has 1 aromatic rings. The lowest BCUT2D eigenvalue weighted by Crippen LogP contribution is -2.47. The van der Waals surface area contributed by atoms with Gasteiger partial charge in [0, 0.05) is 24.4 Å². The number of imide groups is 1. The molecule has 0 atom stereocenters. The van der Waals surface area contributed by atoms with E-state index in [1.54, 1.807) is 32.3 Å². The Bertz CT molecular complexity index is 567. The topological polar surface area (TPSA) is 78.2 Å². The Morgan fingerprint density at radius 3 is 3.00 bits per heavy atom. The molecule has 2 heterocycles. The molecule has 1 aromatic heterocycles. The van der Waals surface area contributed by atoms with Crippen LogP contribution in [0.1, 0.15) is 25.8 Å². The molecule has 2 rings (SSSR count). The summed E-state index contributed by atoms with van der Waals surface area (Å²) in [4.78, 5) is 27.7. The summed E-state index contributed by atoms with van der Waals surface area (Å²) in [5, 5.41) is 10.1. The van der Waals surface area contributed by atoms with E-state index in [1.165, 1.54) is 11.2 Å². The van der Waals surface area contributed by atoms with Crippen LogP contribution in [0, 0.1) is 0 Å². The zero-order chi connectivity index (χ0) is 14.5. The quantitative estimate of drug-likeness (QED) is 0.782. The zero-order valence-corrected chi connectivity index (χ0v) is 11.4. The Hall–Kier alpha value is -2.57. The van der Waals surface area contributed by atoms with Crippen LogP contribution >= 0.6 is 0 Å². The lowest BCUT2D eigenvalue weighted by atomic mass is 10.3. The average Bonchev–Trinajstić information content (AvgIpc) is 2.48. The van der Waals surface area contributed by atoms with Gasteiger partial charge in [-0.1, -0.05) is 13.0 Å². The van der Waals surface area contributed by atoms with Crippen molar-refractivity contribution in [2.45, 2.75) is 20.3 Å². The van der Waals surface area contributed by atoms with Gasteiger partial charge in [0.15, 0.2) is 0 Å². The smallest absolute Gasteiger partial charge is 0.272 e. The average molecular weight is 273 g/mol. The van der Waals surface area contributed by atoms with Gasteiger partial charge < -0.3 is 0 Å². The highest BCUT2D eigenvalue weighted by Gasteiger charge is 2.29. The normalized spacial score (nSPS) is 15.7.